The molecule has 0 saturated heterocycles. The van der Waals surface area contributed by atoms with E-state index in [4.69, 9.17) is 17.3 Å². The number of nitrogen functional groups attached to an aromatic ring is 1. The van der Waals surface area contributed by atoms with Gasteiger partial charge in [-0.1, -0.05) is 31.5 Å². The van der Waals surface area contributed by atoms with E-state index in [1.807, 2.05) is 13.8 Å². The number of amides is 1. The third-order valence-electron chi connectivity index (χ3n) is 3.31. The largest absolute Gasteiger partial charge is 0.398 e. The quantitative estimate of drug-likeness (QED) is 0.718. The van der Waals surface area contributed by atoms with Crippen molar-refractivity contribution in [2.45, 2.75) is 32.2 Å². The molecule has 4 N–H and O–H groups in total. The molecule has 0 fully saturated rings. The van der Waals surface area contributed by atoms with E-state index in [1.165, 1.54) is 0 Å². The van der Waals surface area contributed by atoms with Crippen LogP contribution in [0, 0.1) is 0 Å². The van der Waals surface area contributed by atoms with Crippen molar-refractivity contribution >= 4 is 23.2 Å². The molecule has 100 valence electrons. The van der Waals surface area contributed by atoms with E-state index in [0.717, 1.165) is 0 Å². The van der Waals surface area contributed by atoms with E-state index in [0.29, 0.717) is 24.1 Å². The number of halogens is 1. The van der Waals surface area contributed by atoms with Gasteiger partial charge in [-0.05, 0) is 25.0 Å². The van der Waals surface area contributed by atoms with Gasteiger partial charge in [-0.15, -0.1) is 0 Å². The Hall–Kier alpha value is -1.26. The summed E-state index contributed by atoms with van der Waals surface area (Å²) in [4.78, 5) is 12.1. The standard InChI is InChI=1S/C13H19ClN2O2/c1-3-13(4-2,8-17)16-12(18)9-6-5-7-10(15)11(9)14/h5-7,17H,3-4,8,15H2,1-2H3,(H,16,18). The molecule has 0 aromatic heterocycles. The van der Waals surface area contributed by atoms with Crippen LogP contribution in [-0.2, 0) is 0 Å². The minimum atomic E-state index is -0.606. The summed E-state index contributed by atoms with van der Waals surface area (Å²) in [7, 11) is 0. The molecule has 0 saturated carbocycles. The van der Waals surface area contributed by atoms with Gasteiger partial charge in [0, 0.05) is 0 Å². The summed E-state index contributed by atoms with van der Waals surface area (Å²) in [5.41, 5.74) is 5.75. The highest BCUT2D eigenvalue weighted by Gasteiger charge is 2.28. The van der Waals surface area contributed by atoms with Crippen molar-refractivity contribution in [2.24, 2.45) is 0 Å². The van der Waals surface area contributed by atoms with Crippen molar-refractivity contribution in [3.8, 4) is 0 Å². The maximum Gasteiger partial charge on any atom is 0.253 e. The number of benzene rings is 1. The molecule has 0 unspecified atom stereocenters. The van der Waals surface area contributed by atoms with Crippen LogP contribution < -0.4 is 11.1 Å². The Morgan fingerprint density at radius 1 is 1.44 bits per heavy atom. The van der Waals surface area contributed by atoms with E-state index >= 15 is 0 Å². The molecule has 0 aliphatic carbocycles. The summed E-state index contributed by atoms with van der Waals surface area (Å²) >= 11 is 6.00. The van der Waals surface area contributed by atoms with Crippen LogP contribution in [0.15, 0.2) is 18.2 Å². The second kappa shape index (κ2) is 6.07. The van der Waals surface area contributed by atoms with Gasteiger partial charge in [0.15, 0.2) is 0 Å². The molecule has 0 aliphatic rings. The number of nitrogens with two attached hydrogens (primary N) is 1. The molecule has 1 amide bonds. The van der Waals surface area contributed by atoms with Gasteiger partial charge < -0.3 is 16.2 Å². The first kappa shape index (κ1) is 14.8. The average molecular weight is 271 g/mol. The predicted molar refractivity (Wildman–Crippen MR) is 73.7 cm³/mol. The SMILES string of the molecule is CCC(CC)(CO)NC(=O)c1cccc(N)c1Cl. The highest BCUT2D eigenvalue weighted by atomic mass is 35.5. The zero-order chi connectivity index (χ0) is 13.8. The molecular formula is C13H19ClN2O2. The Balaban J connectivity index is 2.98. The molecule has 18 heavy (non-hydrogen) atoms. The lowest BCUT2D eigenvalue weighted by Gasteiger charge is -2.30. The molecule has 5 heteroatoms. The number of hydrogen-bond acceptors (Lipinski definition) is 3. The van der Waals surface area contributed by atoms with Gasteiger partial charge in [-0.2, -0.15) is 0 Å². The van der Waals surface area contributed by atoms with Crippen molar-refractivity contribution in [3.63, 3.8) is 0 Å². The summed E-state index contributed by atoms with van der Waals surface area (Å²) in [5.74, 6) is -0.315. The van der Waals surface area contributed by atoms with Crippen LogP contribution in [0.25, 0.3) is 0 Å². The van der Waals surface area contributed by atoms with Gasteiger partial charge in [0.05, 0.1) is 28.4 Å². The number of carbonyl (C=O) groups excluding carboxylic acids is 1. The van der Waals surface area contributed by atoms with Crippen molar-refractivity contribution in [2.75, 3.05) is 12.3 Å². The summed E-state index contributed by atoms with van der Waals surface area (Å²) in [5, 5.41) is 12.5. The molecule has 4 nitrogen and oxygen atoms in total. The van der Waals surface area contributed by atoms with E-state index in [-0.39, 0.29) is 17.5 Å². The fourth-order valence-corrected chi connectivity index (χ4v) is 1.94. The zero-order valence-electron chi connectivity index (χ0n) is 10.7. The Morgan fingerprint density at radius 2 is 2.06 bits per heavy atom. The van der Waals surface area contributed by atoms with Crippen LogP contribution in [0.3, 0.4) is 0 Å². The zero-order valence-corrected chi connectivity index (χ0v) is 11.4. The lowest BCUT2D eigenvalue weighted by atomic mass is 9.93. The van der Waals surface area contributed by atoms with Crippen molar-refractivity contribution < 1.29 is 9.90 Å². The molecule has 1 aromatic carbocycles. The number of aliphatic hydroxyl groups is 1. The number of rotatable bonds is 5. The summed E-state index contributed by atoms with van der Waals surface area (Å²) in [6, 6.07) is 4.92. The lowest BCUT2D eigenvalue weighted by Crippen LogP contribution is -2.50. The van der Waals surface area contributed by atoms with Crippen molar-refractivity contribution in [1.82, 2.24) is 5.32 Å². The number of carbonyl (C=O) groups is 1. The number of anilines is 1. The van der Waals surface area contributed by atoms with Crippen LogP contribution in [-0.4, -0.2) is 23.2 Å². The second-order valence-corrected chi connectivity index (χ2v) is 4.69. The average Bonchev–Trinajstić information content (AvgIpc) is 2.39. The minimum absolute atomic E-state index is 0.105. The minimum Gasteiger partial charge on any atom is -0.398 e. The fraction of sp³-hybridized carbons (Fsp3) is 0.462. The molecule has 0 radical (unpaired) electrons. The molecule has 1 rings (SSSR count). The van der Waals surface area contributed by atoms with Crippen molar-refractivity contribution in [3.05, 3.63) is 28.8 Å². The third-order valence-corrected chi connectivity index (χ3v) is 3.73. The van der Waals surface area contributed by atoms with Gasteiger partial charge in [0.25, 0.3) is 5.91 Å². The third kappa shape index (κ3) is 2.94. The van der Waals surface area contributed by atoms with Crippen LogP contribution in [0.4, 0.5) is 5.69 Å². The van der Waals surface area contributed by atoms with E-state index in [2.05, 4.69) is 5.32 Å². The molecule has 0 spiro atoms. The van der Waals surface area contributed by atoms with Crippen LogP contribution in [0.2, 0.25) is 5.02 Å². The number of nitrogens with one attached hydrogen (secondary N) is 1. The molecule has 0 heterocycles. The van der Waals surface area contributed by atoms with E-state index < -0.39 is 5.54 Å². The first-order valence-corrected chi connectivity index (χ1v) is 6.34. The Labute approximate surface area is 112 Å². The second-order valence-electron chi connectivity index (χ2n) is 4.31. The molecule has 0 aliphatic heterocycles. The normalized spacial score (nSPS) is 11.3. The maximum absolute atomic E-state index is 12.1. The van der Waals surface area contributed by atoms with Crippen LogP contribution in [0.1, 0.15) is 37.0 Å². The summed E-state index contributed by atoms with van der Waals surface area (Å²) < 4.78 is 0. The molecule has 0 atom stereocenters. The van der Waals surface area contributed by atoms with Gasteiger partial charge in [0.1, 0.15) is 0 Å². The van der Waals surface area contributed by atoms with E-state index in [9.17, 15) is 9.90 Å². The van der Waals surface area contributed by atoms with Gasteiger partial charge in [0.2, 0.25) is 0 Å². The Morgan fingerprint density at radius 3 is 2.56 bits per heavy atom. The fourth-order valence-electron chi connectivity index (χ4n) is 1.72. The molecule has 1 aromatic rings. The lowest BCUT2D eigenvalue weighted by molar-refractivity contribution is 0.0818. The van der Waals surface area contributed by atoms with Crippen LogP contribution in [0.5, 0.6) is 0 Å². The van der Waals surface area contributed by atoms with Crippen molar-refractivity contribution in [1.29, 1.82) is 0 Å². The predicted octanol–water partition coefficient (Wildman–Crippen LogP) is 2.20. The Kier molecular flexibility index (Phi) is 4.99. The maximum atomic E-state index is 12.1. The Bertz CT molecular complexity index is 423. The monoisotopic (exact) mass is 270 g/mol. The highest BCUT2D eigenvalue weighted by molar-refractivity contribution is 6.36. The topological polar surface area (TPSA) is 75.3 Å². The first-order valence-electron chi connectivity index (χ1n) is 5.97. The first-order chi connectivity index (χ1) is 8.49. The molecular weight excluding hydrogens is 252 g/mol. The number of hydrogen-bond donors (Lipinski definition) is 3. The smallest absolute Gasteiger partial charge is 0.253 e. The highest BCUT2D eigenvalue weighted by Crippen LogP contribution is 2.24. The summed E-state index contributed by atoms with van der Waals surface area (Å²) in [6.07, 6.45) is 1.29. The van der Waals surface area contributed by atoms with Gasteiger partial charge >= 0.3 is 0 Å². The van der Waals surface area contributed by atoms with Crippen LogP contribution >= 0.6 is 11.6 Å². The summed E-state index contributed by atoms with van der Waals surface area (Å²) in [6.45, 7) is 3.73. The van der Waals surface area contributed by atoms with Gasteiger partial charge in [-0.3, -0.25) is 4.79 Å². The van der Waals surface area contributed by atoms with E-state index in [1.54, 1.807) is 18.2 Å². The molecule has 0 bridgehead atoms. The number of aliphatic hydroxyl groups excluding tert-OH is 1. The van der Waals surface area contributed by atoms with Gasteiger partial charge in [-0.25, -0.2) is 0 Å².